The van der Waals surface area contributed by atoms with Crippen molar-refractivity contribution in [2.45, 2.75) is 38.9 Å². The molecule has 1 saturated heterocycles. The van der Waals surface area contributed by atoms with Gasteiger partial charge < -0.3 is 9.47 Å². The third-order valence-electron chi connectivity index (χ3n) is 6.88. The molecular weight excluding hydrogens is 441 g/mol. The zero-order valence-electron chi connectivity index (χ0n) is 20.2. The molecule has 0 amide bonds. The molecule has 4 aromatic rings. The van der Waals surface area contributed by atoms with Crippen molar-refractivity contribution in [1.82, 2.24) is 19.4 Å². The third kappa shape index (κ3) is 5.10. The molecule has 0 spiro atoms. The number of rotatable bonds is 6. The first-order valence-electron chi connectivity index (χ1n) is 12.1. The first-order chi connectivity index (χ1) is 17.0. The molecule has 1 aliphatic heterocycles. The van der Waals surface area contributed by atoms with E-state index in [2.05, 4.69) is 25.8 Å². The van der Waals surface area contributed by atoms with E-state index in [4.69, 9.17) is 0 Å². The number of hydrogen-bond donors (Lipinski definition) is 0. The van der Waals surface area contributed by atoms with Crippen LogP contribution in [-0.4, -0.2) is 38.6 Å². The zero-order valence-corrected chi connectivity index (χ0v) is 20.2. The van der Waals surface area contributed by atoms with Gasteiger partial charge in [0.15, 0.2) is 5.43 Å². The van der Waals surface area contributed by atoms with E-state index in [9.17, 15) is 9.18 Å². The van der Waals surface area contributed by atoms with Crippen LogP contribution in [0.1, 0.15) is 29.7 Å². The lowest BCUT2D eigenvalue weighted by Gasteiger charge is -2.40. The molecule has 4 heterocycles. The molecule has 0 N–H and O–H groups in total. The maximum Gasteiger partial charge on any atom is 0.212 e. The van der Waals surface area contributed by atoms with E-state index in [-0.39, 0.29) is 11.5 Å². The second-order valence-corrected chi connectivity index (χ2v) is 9.40. The Labute approximate surface area is 204 Å². The van der Waals surface area contributed by atoms with Crippen molar-refractivity contribution in [2.75, 3.05) is 18.0 Å². The Balaban J connectivity index is 1.47. The molecular formula is C28H30FN5O. The summed E-state index contributed by atoms with van der Waals surface area (Å²) >= 11 is 0. The van der Waals surface area contributed by atoms with Crippen molar-refractivity contribution in [3.63, 3.8) is 0 Å². The van der Waals surface area contributed by atoms with Crippen LogP contribution in [0.15, 0.2) is 71.9 Å². The second-order valence-electron chi connectivity index (χ2n) is 9.40. The van der Waals surface area contributed by atoms with E-state index in [1.165, 1.54) is 11.6 Å². The quantitative estimate of drug-likeness (QED) is 0.389. The molecule has 1 aromatic carbocycles. The van der Waals surface area contributed by atoms with E-state index >= 15 is 0 Å². The Morgan fingerprint density at radius 2 is 1.97 bits per heavy atom. The fourth-order valence-electron chi connectivity index (χ4n) is 5.13. The van der Waals surface area contributed by atoms with Gasteiger partial charge in [0.25, 0.3) is 0 Å². The zero-order chi connectivity index (χ0) is 24.4. The average Bonchev–Trinajstić information content (AvgIpc) is 2.87. The van der Waals surface area contributed by atoms with Crippen LogP contribution in [0.5, 0.6) is 0 Å². The SMILES string of the molecule is Cc1cc(CN(Cc2cn(C)c3ccccc3c2=O)C2CCCN(c3ccc(F)nc3)C2)ccn1. The Morgan fingerprint density at radius 3 is 2.77 bits per heavy atom. The molecule has 1 unspecified atom stereocenters. The molecule has 180 valence electrons. The molecule has 7 heteroatoms. The minimum Gasteiger partial charge on any atom is -0.369 e. The molecule has 0 radical (unpaired) electrons. The van der Waals surface area contributed by atoms with Crippen LogP contribution in [0.4, 0.5) is 10.1 Å². The molecule has 0 aliphatic carbocycles. The van der Waals surface area contributed by atoms with Gasteiger partial charge in [0.1, 0.15) is 0 Å². The molecule has 6 nitrogen and oxygen atoms in total. The van der Waals surface area contributed by atoms with Crippen molar-refractivity contribution in [3.05, 3.63) is 100 Å². The lowest BCUT2D eigenvalue weighted by atomic mass is 10.0. The highest BCUT2D eigenvalue weighted by Gasteiger charge is 2.27. The maximum atomic E-state index is 13.4. The van der Waals surface area contributed by atoms with Crippen molar-refractivity contribution < 1.29 is 4.39 Å². The fraction of sp³-hybridized carbons (Fsp3) is 0.321. The van der Waals surface area contributed by atoms with Gasteiger partial charge in [-0.05, 0) is 61.7 Å². The summed E-state index contributed by atoms with van der Waals surface area (Å²) < 4.78 is 15.4. The van der Waals surface area contributed by atoms with Gasteiger partial charge in [-0.15, -0.1) is 0 Å². The fourth-order valence-corrected chi connectivity index (χ4v) is 5.13. The number of aryl methyl sites for hydroxylation is 2. The van der Waals surface area contributed by atoms with Crippen LogP contribution in [0.2, 0.25) is 0 Å². The van der Waals surface area contributed by atoms with Gasteiger partial charge in [0.2, 0.25) is 5.95 Å². The predicted octanol–water partition coefficient (Wildman–Crippen LogP) is 4.45. The number of piperidine rings is 1. The molecule has 0 saturated carbocycles. The van der Waals surface area contributed by atoms with E-state index in [1.54, 1.807) is 12.3 Å². The van der Waals surface area contributed by atoms with Crippen molar-refractivity contribution in [3.8, 4) is 0 Å². The van der Waals surface area contributed by atoms with Crippen molar-refractivity contribution >= 4 is 16.6 Å². The number of fused-ring (bicyclic) bond motifs is 1. The van der Waals surface area contributed by atoms with E-state index in [0.717, 1.165) is 60.3 Å². The Bertz CT molecular complexity index is 1380. The average molecular weight is 472 g/mol. The highest BCUT2D eigenvalue weighted by Crippen LogP contribution is 2.25. The molecule has 35 heavy (non-hydrogen) atoms. The molecule has 1 aliphatic rings. The lowest BCUT2D eigenvalue weighted by Crippen LogP contribution is -2.48. The summed E-state index contributed by atoms with van der Waals surface area (Å²) in [6.07, 6.45) is 7.47. The molecule has 0 bridgehead atoms. The van der Waals surface area contributed by atoms with Crippen LogP contribution in [0.25, 0.3) is 10.9 Å². The van der Waals surface area contributed by atoms with Gasteiger partial charge in [-0.1, -0.05) is 12.1 Å². The third-order valence-corrected chi connectivity index (χ3v) is 6.88. The summed E-state index contributed by atoms with van der Waals surface area (Å²) in [6, 6.07) is 15.4. The minimum absolute atomic E-state index is 0.0880. The van der Waals surface area contributed by atoms with Crippen molar-refractivity contribution in [2.24, 2.45) is 7.05 Å². The normalized spacial score (nSPS) is 16.2. The van der Waals surface area contributed by atoms with Gasteiger partial charge in [-0.25, -0.2) is 4.98 Å². The van der Waals surface area contributed by atoms with Crippen LogP contribution in [-0.2, 0) is 20.1 Å². The van der Waals surface area contributed by atoms with Gasteiger partial charge in [-0.3, -0.25) is 14.7 Å². The summed E-state index contributed by atoms with van der Waals surface area (Å²) in [5.74, 6) is -0.468. The lowest BCUT2D eigenvalue weighted by molar-refractivity contribution is 0.158. The Morgan fingerprint density at radius 1 is 1.11 bits per heavy atom. The largest absolute Gasteiger partial charge is 0.369 e. The molecule has 5 rings (SSSR count). The van der Waals surface area contributed by atoms with E-state index < -0.39 is 5.95 Å². The van der Waals surface area contributed by atoms with Gasteiger partial charge in [0, 0.05) is 68.3 Å². The molecule has 1 fully saturated rings. The molecule has 3 aromatic heterocycles. The highest BCUT2D eigenvalue weighted by molar-refractivity contribution is 5.79. The summed E-state index contributed by atoms with van der Waals surface area (Å²) in [6.45, 7) is 4.98. The number of halogens is 1. The predicted molar refractivity (Wildman–Crippen MR) is 137 cm³/mol. The summed E-state index contributed by atoms with van der Waals surface area (Å²) in [7, 11) is 1.99. The number of nitrogens with zero attached hydrogens (tertiary/aromatic N) is 5. The van der Waals surface area contributed by atoms with Crippen LogP contribution < -0.4 is 10.3 Å². The summed E-state index contributed by atoms with van der Waals surface area (Å²) in [5, 5.41) is 0.745. The first-order valence-corrected chi connectivity index (χ1v) is 12.1. The topological polar surface area (TPSA) is 54.3 Å². The summed E-state index contributed by atoms with van der Waals surface area (Å²) in [4.78, 5) is 26.3. The number of anilines is 1. The van der Waals surface area contributed by atoms with Crippen LogP contribution >= 0.6 is 0 Å². The molecule has 1 atom stereocenters. The second kappa shape index (κ2) is 9.96. The highest BCUT2D eigenvalue weighted by atomic mass is 19.1. The standard InChI is InChI=1S/C28H30FN5O/c1-20-14-21(11-12-30-20)16-34(18-22-17-32(2)26-8-4-3-7-25(26)28(22)35)24-6-5-13-33(19-24)23-9-10-27(29)31-15-23/h3-4,7-12,14-15,17,24H,5-6,13,16,18-19H2,1-2H3. The van der Waals surface area contributed by atoms with E-state index in [0.29, 0.717) is 6.54 Å². The number of para-hydroxylation sites is 1. The van der Waals surface area contributed by atoms with Crippen LogP contribution in [0.3, 0.4) is 0 Å². The monoisotopic (exact) mass is 471 g/mol. The maximum absolute atomic E-state index is 13.4. The van der Waals surface area contributed by atoms with Gasteiger partial charge in [0.05, 0.1) is 17.4 Å². The van der Waals surface area contributed by atoms with Gasteiger partial charge >= 0.3 is 0 Å². The number of benzene rings is 1. The number of aromatic nitrogens is 3. The number of hydrogen-bond acceptors (Lipinski definition) is 5. The Kier molecular flexibility index (Phi) is 6.59. The van der Waals surface area contributed by atoms with Crippen LogP contribution in [0, 0.1) is 12.9 Å². The van der Waals surface area contributed by atoms with Gasteiger partial charge in [-0.2, -0.15) is 4.39 Å². The summed E-state index contributed by atoms with van der Waals surface area (Å²) in [5.41, 5.74) is 4.90. The smallest absolute Gasteiger partial charge is 0.212 e. The number of pyridine rings is 3. The minimum atomic E-state index is -0.468. The van der Waals surface area contributed by atoms with Crippen molar-refractivity contribution in [1.29, 1.82) is 0 Å². The first kappa shape index (κ1) is 23.2. The van der Waals surface area contributed by atoms with E-state index in [1.807, 2.05) is 61.3 Å². The Hall–Kier alpha value is -3.58.